The highest BCUT2D eigenvalue weighted by atomic mass is 127. The third kappa shape index (κ3) is 8.57. The van der Waals surface area contributed by atoms with Crippen molar-refractivity contribution in [2.24, 2.45) is 4.99 Å². The molecule has 1 heterocycles. The molecular weight excluding hydrogens is 507 g/mol. The number of thioether (sulfide) groups is 1. The molecule has 0 fully saturated rings. The Morgan fingerprint density at radius 2 is 2.21 bits per heavy atom. The van der Waals surface area contributed by atoms with Gasteiger partial charge in [0, 0.05) is 44.7 Å². The van der Waals surface area contributed by atoms with Crippen LogP contribution in [0.3, 0.4) is 0 Å². The van der Waals surface area contributed by atoms with Crippen LogP contribution in [0, 0.1) is 0 Å². The van der Waals surface area contributed by atoms with Gasteiger partial charge in [-0.3, -0.25) is 4.99 Å². The van der Waals surface area contributed by atoms with Crippen molar-refractivity contribution in [3.63, 3.8) is 0 Å². The number of hydrogen-bond donors (Lipinski definition) is 1. The van der Waals surface area contributed by atoms with E-state index in [0.717, 1.165) is 67.1 Å². The zero-order valence-corrected chi connectivity index (χ0v) is 20.7. The van der Waals surface area contributed by atoms with E-state index in [2.05, 4.69) is 51.3 Å². The fraction of sp³-hybridized carbons (Fsp3) is 0.526. The van der Waals surface area contributed by atoms with Crippen molar-refractivity contribution in [2.45, 2.75) is 32.9 Å². The van der Waals surface area contributed by atoms with Gasteiger partial charge in [0.05, 0.1) is 0 Å². The van der Waals surface area contributed by atoms with Crippen molar-refractivity contribution in [3.8, 4) is 0 Å². The predicted octanol–water partition coefficient (Wildman–Crippen LogP) is 3.94. The van der Waals surface area contributed by atoms with Crippen LogP contribution in [0.5, 0.6) is 0 Å². The average Bonchev–Trinajstić information content (AvgIpc) is 3.11. The number of aliphatic imine (C=N–C) groups is 1. The predicted molar refractivity (Wildman–Crippen MR) is 131 cm³/mol. The molecular formula is C19H30ClIN6S. The summed E-state index contributed by atoms with van der Waals surface area (Å²) in [6.45, 7) is 5.24. The van der Waals surface area contributed by atoms with Crippen LogP contribution in [0.4, 0.5) is 0 Å². The molecule has 0 atom stereocenters. The molecule has 9 heteroatoms. The van der Waals surface area contributed by atoms with E-state index in [0.29, 0.717) is 0 Å². The lowest BCUT2D eigenvalue weighted by Crippen LogP contribution is -2.40. The second-order valence-corrected chi connectivity index (χ2v) is 7.68. The van der Waals surface area contributed by atoms with Gasteiger partial charge in [-0.15, -0.1) is 34.2 Å². The molecule has 2 aromatic rings. The van der Waals surface area contributed by atoms with Crippen LogP contribution in [0.25, 0.3) is 0 Å². The normalized spacial score (nSPS) is 11.2. The third-order valence-electron chi connectivity index (χ3n) is 4.09. The van der Waals surface area contributed by atoms with Crippen molar-refractivity contribution in [3.05, 3.63) is 47.0 Å². The van der Waals surface area contributed by atoms with Crippen LogP contribution in [0.2, 0.25) is 5.02 Å². The Labute approximate surface area is 194 Å². The van der Waals surface area contributed by atoms with E-state index in [1.54, 1.807) is 6.33 Å². The molecule has 1 aromatic carbocycles. The number of rotatable bonds is 10. The first kappa shape index (κ1) is 25.0. The Balaban J connectivity index is 0.00000392. The van der Waals surface area contributed by atoms with Crippen LogP contribution in [0.15, 0.2) is 35.6 Å². The lowest BCUT2D eigenvalue weighted by Gasteiger charge is -2.23. The molecule has 0 radical (unpaired) electrons. The summed E-state index contributed by atoms with van der Waals surface area (Å²) in [6.07, 6.45) is 5.86. The van der Waals surface area contributed by atoms with Gasteiger partial charge in [-0.25, -0.2) is 0 Å². The Morgan fingerprint density at radius 1 is 1.39 bits per heavy atom. The summed E-state index contributed by atoms with van der Waals surface area (Å²) >= 11 is 7.97. The van der Waals surface area contributed by atoms with Gasteiger partial charge < -0.3 is 14.8 Å². The first-order valence-electron chi connectivity index (χ1n) is 9.23. The SMILES string of the molecule is CCc1nncn1CCNC(=NCCCSC)N(C)Cc1cccc(Cl)c1.I. The Hall–Kier alpha value is -1.000. The minimum Gasteiger partial charge on any atom is -0.354 e. The van der Waals surface area contributed by atoms with Crippen LogP contribution < -0.4 is 5.32 Å². The summed E-state index contributed by atoms with van der Waals surface area (Å²) in [6, 6.07) is 7.95. The molecule has 1 N–H and O–H groups in total. The maximum Gasteiger partial charge on any atom is 0.194 e. The molecule has 0 unspecified atom stereocenters. The third-order valence-corrected chi connectivity index (χ3v) is 5.02. The number of halogens is 2. The van der Waals surface area contributed by atoms with Gasteiger partial charge in [0.15, 0.2) is 5.96 Å². The summed E-state index contributed by atoms with van der Waals surface area (Å²) in [4.78, 5) is 6.92. The Kier molecular flexibility index (Phi) is 12.6. The zero-order chi connectivity index (χ0) is 19.5. The fourth-order valence-electron chi connectivity index (χ4n) is 2.72. The molecule has 28 heavy (non-hydrogen) atoms. The molecule has 156 valence electrons. The second kappa shape index (κ2) is 14.1. The smallest absolute Gasteiger partial charge is 0.194 e. The minimum absolute atomic E-state index is 0. The molecule has 1 aromatic heterocycles. The summed E-state index contributed by atoms with van der Waals surface area (Å²) in [7, 11) is 2.05. The highest BCUT2D eigenvalue weighted by Crippen LogP contribution is 2.12. The van der Waals surface area contributed by atoms with Crippen LogP contribution in [-0.2, 0) is 19.5 Å². The standard InChI is InChI=1S/C19H29ClN6S.HI/c1-4-18-24-23-15-26(18)11-10-22-19(21-9-6-12-27-3)25(2)14-16-7-5-8-17(20)13-16;/h5,7-8,13,15H,4,6,9-12,14H2,1-3H3,(H,21,22);1H. The van der Waals surface area contributed by atoms with Crippen LogP contribution in [-0.4, -0.2) is 57.8 Å². The van der Waals surface area contributed by atoms with Crippen molar-refractivity contribution in [1.82, 2.24) is 25.0 Å². The number of hydrogen-bond acceptors (Lipinski definition) is 4. The number of nitrogens with zero attached hydrogens (tertiary/aromatic N) is 5. The first-order valence-corrected chi connectivity index (χ1v) is 11.0. The van der Waals surface area contributed by atoms with Crippen LogP contribution in [0.1, 0.15) is 24.7 Å². The number of guanidine groups is 1. The monoisotopic (exact) mass is 536 g/mol. The number of nitrogens with one attached hydrogen (secondary N) is 1. The average molecular weight is 537 g/mol. The van der Waals surface area contributed by atoms with Gasteiger partial charge >= 0.3 is 0 Å². The van der Waals surface area contributed by atoms with E-state index in [4.69, 9.17) is 16.6 Å². The van der Waals surface area contributed by atoms with Gasteiger partial charge in [-0.2, -0.15) is 11.8 Å². The summed E-state index contributed by atoms with van der Waals surface area (Å²) < 4.78 is 2.08. The van der Waals surface area contributed by atoms with E-state index in [9.17, 15) is 0 Å². The lowest BCUT2D eigenvalue weighted by molar-refractivity contribution is 0.470. The first-order chi connectivity index (χ1) is 13.1. The fourth-order valence-corrected chi connectivity index (χ4v) is 3.35. The Morgan fingerprint density at radius 3 is 2.93 bits per heavy atom. The number of aryl methyl sites for hydroxylation is 1. The molecule has 2 rings (SSSR count). The molecule has 0 saturated heterocycles. The Bertz CT molecular complexity index is 724. The van der Waals surface area contributed by atoms with Crippen LogP contribution >= 0.6 is 47.3 Å². The van der Waals surface area contributed by atoms with E-state index in [1.165, 1.54) is 0 Å². The molecule has 0 aliphatic heterocycles. The zero-order valence-electron chi connectivity index (χ0n) is 16.8. The van der Waals surface area contributed by atoms with E-state index < -0.39 is 0 Å². The van der Waals surface area contributed by atoms with Gasteiger partial charge in [-0.1, -0.05) is 30.7 Å². The highest BCUT2D eigenvalue weighted by Gasteiger charge is 2.08. The molecule has 0 spiro atoms. The molecule has 0 bridgehead atoms. The number of benzene rings is 1. The second-order valence-electron chi connectivity index (χ2n) is 6.26. The summed E-state index contributed by atoms with van der Waals surface area (Å²) in [5.74, 6) is 3.03. The van der Waals surface area contributed by atoms with E-state index in [1.807, 2.05) is 30.0 Å². The lowest BCUT2D eigenvalue weighted by atomic mass is 10.2. The van der Waals surface area contributed by atoms with Crippen molar-refractivity contribution in [2.75, 3.05) is 32.1 Å². The molecule has 0 aliphatic rings. The topological polar surface area (TPSA) is 58.3 Å². The quantitative estimate of drug-likeness (QED) is 0.216. The summed E-state index contributed by atoms with van der Waals surface area (Å²) in [5, 5.41) is 12.4. The van der Waals surface area contributed by atoms with Crippen molar-refractivity contribution < 1.29 is 0 Å². The maximum absolute atomic E-state index is 6.11. The molecule has 0 aliphatic carbocycles. The maximum atomic E-state index is 6.11. The van der Waals surface area contributed by atoms with Gasteiger partial charge in [0.1, 0.15) is 12.2 Å². The molecule has 6 nitrogen and oxygen atoms in total. The van der Waals surface area contributed by atoms with Crippen molar-refractivity contribution in [1.29, 1.82) is 0 Å². The van der Waals surface area contributed by atoms with E-state index >= 15 is 0 Å². The number of aromatic nitrogens is 3. The highest BCUT2D eigenvalue weighted by molar-refractivity contribution is 14.0. The van der Waals surface area contributed by atoms with Gasteiger partial charge in [-0.05, 0) is 36.1 Å². The summed E-state index contributed by atoms with van der Waals surface area (Å²) in [5.41, 5.74) is 1.16. The molecule has 0 amide bonds. The molecule has 0 saturated carbocycles. The van der Waals surface area contributed by atoms with Gasteiger partial charge in [0.2, 0.25) is 0 Å². The van der Waals surface area contributed by atoms with Crippen molar-refractivity contribution >= 4 is 53.3 Å². The van der Waals surface area contributed by atoms with Gasteiger partial charge in [0.25, 0.3) is 0 Å². The largest absolute Gasteiger partial charge is 0.354 e. The van der Waals surface area contributed by atoms with E-state index in [-0.39, 0.29) is 24.0 Å². The minimum atomic E-state index is 0.